The minimum atomic E-state index is -1.37. The van der Waals surface area contributed by atoms with Crippen molar-refractivity contribution in [1.29, 1.82) is 0 Å². The molecule has 0 spiro atoms. The Bertz CT molecular complexity index is 217. The van der Waals surface area contributed by atoms with Crippen molar-refractivity contribution in [2.75, 3.05) is 0 Å². The molecule has 1 rings (SSSR count). The molecule has 2 radical (unpaired) electrons. The second-order valence-corrected chi connectivity index (χ2v) is 12.9. The quantitative estimate of drug-likeness (QED) is 0.386. The summed E-state index contributed by atoms with van der Waals surface area (Å²) in [5.74, 6) is 9.62. The summed E-state index contributed by atoms with van der Waals surface area (Å²) in [7, 11) is 0. The van der Waals surface area contributed by atoms with Crippen molar-refractivity contribution in [3.05, 3.63) is 22.7 Å². The molecule has 0 fully saturated rings. The Morgan fingerprint density at radius 3 is 1.71 bits per heavy atom. The molecule has 0 saturated heterocycles. The molecule has 0 heterocycles. The Balaban J connectivity index is -0.000000284. The fraction of sp³-hybridized carbons (Fsp3) is 0.500. The van der Waals surface area contributed by atoms with Crippen LogP contribution in [0.3, 0.4) is 0 Å². The molecule has 0 bridgehead atoms. The molecule has 0 aromatic rings. The summed E-state index contributed by atoms with van der Waals surface area (Å²) < 4.78 is 1.66. The SMILES string of the molecule is [CH3][Co+2]([CH3])([CH3])([CH3])[C]1=CC=CC1.[C]=O.[I-].[I-]. The van der Waals surface area contributed by atoms with Crippen LogP contribution in [0.25, 0.3) is 0 Å². The fourth-order valence-corrected chi connectivity index (χ4v) is 2.67. The van der Waals surface area contributed by atoms with Crippen LogP contribution in [0.2, 0.25) is 23.4 Å². The third-order valence-electron chi connectivity index (χ3n) is 1.57. The fourth-order valence-electron chi connectivity index (χ4n) is 0.906. The molecule has 0 saturated carbocycles. The van der Waals surface area contributed by atoms with Gasteiger partial charge in [-0.3, -0.25) is 4.79 Å². The standard InChI is InChI=1S/C5H5.CO.4CH3.Co.2HI/c1-2-4-5-3-1;1-2;;;;;;;/h1-3H,4H2;;4*1H3;;2*1H/q;;;;;;+2;;/p-2. The normalized spacial score (nSPS) is 16.0. The molecule has 14 heavy (non-hydrogen) atoms. The summed E-state index contributed by atoms with van der Waals surface area (Å²) in [6.45, 7) is 4.50. The Kier molecular flexibility index (Phi) is 10.8. The van der Waals surface area contributed by atoms with Gasteiger partial charge in [-0.15, -0.1) is 0 Å². The van der Waals surface area contributed by atoms with E-state index in [-0.39, 0.29) is 48.0 Å². The minimum Gasteiger partial charge on any atom is -1.00 e. The van der Waals surface area contributed by atoms with Gasteiger partial charge in [0, 0.05) is 0 Å². The molecule has 4 heteroatoms. The van der Waals surface area contributed by atoms with Crippen molar-refractivity contribution in [3.63, 3.8) is 0 Å². The molecule has 0 atom stereocenters. The van der Waals surface area contributed by atoms with Gasteiger partial charge in [0.1, 0.15) is 0 Å². The van der Waals surface area contributed by atoms with Crippen LogP contribution < -0.4 is 48.0 Å². The molecule has 0 aliphatic heterocycles. The minimum absolute atomic E-state index is 0. The van der Waals surface area contributed by atoms with E-state index in [2.05, 4.69) is 48.4 Å². The van der Waals surface area contributed by atoms with Crippen LogP contribution in [0.4, 0.5) is 0 Å². The van der Waals surface area contributed by atoms with E-state index in [4.69, 9.17) is 4.79 Å². The first-order valence-corrected chi connectivity index (χ1v) is 8.11. The first kappa shape index (κ1) is 20.5. The Morgan fingerprint density at radius 2 is 1.57 bits per heavy atom. The molecule has 0 amide bonds. The third kappa shape index (κ3) is 7.41. The van der Waals surface area contributed by atoms with Crippen molar-refractivity contribution in [3.8, 4) is 0 Å². The monoisotopic (exact) mass is 466 g/mol. The van der Waals surface area contributed by atoms with Crippen LogP contribution >= 0.6 is 0 Å². The van der Waals surface area contributed by atoms with Gasteiger partial charge in [-0.05, 0) is 0 Å². The maximum absolute atomic E-state index is 7.50. The summed E-state index contributed by atoms with van der Waals surface area (Å²) in [5, 5.41) is 0. The summed E-state index contributed by atoms with van der Waals surface area (Å²) >= 11 is -1.37. The van der Waals surface area contributed by atoms with E-state index < -0.39 is 11.6 Å². The number of allylic oxidation sites excluding steroid dienone is 4. The Hall–Kier alpha value is 1.12. The third-order valence-corrected chi connectivity index (χ3v) is 4.63. The van der Waals surface area contributed by atoms with E-state index in [1.54, 1.807) is 4.51 Å². The van der Waals surface area contributed by atoms with Gasteiger partial charge in [-0.1, -0.05) is 0 Å². The zero-order valence-electron chi connectivity index (χ0n) is 8.94. The zero-order chi connectivity index (χ0) is 9.85. The van der Waals surface area contributed by atoms with Gasteiger partial charge in [-0.2, -0.15) is 0 Å². The first-order chi connectivity index (χ1) is 5.36. The second-order valence-electron chi connectivity index (χ2n) is 3.88. The van der Waals surface area contributed by atoms with Crippen LogP contribution in [0.5, 0.6) is 0 Å². The molecule has 0 aromatic carbocycles. The molecule has 0 N–H and O–H groups in total. The molecule has 0 unspecified atom stereocenters. The van der Waals surface area contributed by atoms with Crippen LogP contribution in [0, 0.1) is 0 Å². The van der Waals surface area contributed by atoms with Gasteiger partial charge in [-0.25, -0.2) is 0 Å². The average Bonchev–Trinajstić information content (AvgIpc) is 2.39. The van der Waals surface area contributed by atoms with Crippen molar-refractivity contribution >= 4 is 6.79 Å². The van der Waals surface area contributed by atoms with Gasteiger partial charge in [0.15, 0.2) is 0 Å². The topological polar surface area (TPSA) is 17.1 Å². The molecular formula is C10H17CoI2O. The predicted octanol–water partition coefficient (Wildman–Crippen LogP) is -2.68. The summed E-state index contributed by atoms with van der Waals surface area (Å²) in [6, 6.07) is 0. The number of halogens is 2. The Labute approximate surface area is 122 Å². The number of hydrogen-bond donors (Lipinski definition) is 0. The Morgan fingerprint density at radius 1 is 1.14 bits per heavy atom. The molecule has 1 aliphatic rings. The second kappa shape index (κ2) is 7.40. The summed E-state index contributed by atoms with van der Waals surface area (Å²) in [6.07, 6.45) is 7.90. The average molecular weight is 466 g/mol. The molecule has 0 aromatic heterocycles. The van der Waals surface area contributed by atoms with Crippen molar-refractivity contribution in [2.24, 2.45) is 0 Å². The van der Waals surface area contributed by atoms with E-state index in [9.17, 15) is 0 Å². The molecule has 86 valence electrons. The van der Waals surface area contributed by atoms with Gasteiger partial charge in [0.25, 0.3) is 6.79 Å². The first-order valence-electron chi connectivity index (χ1n) is 3.42. The molecule has 1 nitrogen and oxygen atoms in total. The van der Waals surface area contributed by atoms with Crippen molar-refractivity contribution in [1.82, 2.24) is 0 Å². The van der Waals surface area contributed by atoms with Crippen LogP contribution in [-0.2, 0) is 16.4 Å². The van der Waals surface area contributed by atoms with Crippen LogP contribution in [0.1, 0.15) is 6.42 Å². The maximum Gasteiger partial charge on any atom is 0.281 e. The predicted molar refractivity (Wildman–Crippen MR) is 51.0 cm³/mol. The van der Waals surface area contributed by atoms with E-state index in [1.807, 2.05) is 0 Å². The van der Waals surface area contributed by atoms with Gasteiger partial charge in [0.2, 0.25) is 0 Å². The molecule has 1 aliphatic carbocycles. The summed E-state index contributed by atoms with van der Waals surface area (Å²) in [5.41, 5.74) is 0. The smallest absolute Gasteiger partial charge is 0.281 e. The maximum atomic E-state index is 7.50. The molecular weight excluding hydrogens is 449 g/mol. The number of carbonyl (C=O) groups excluding carboxylic acids is 1. The van der Waals surface area contributed by atoms with Gasteiger partial charge in [0.05, 0.1) is 0 Å². The van der Waals surface area contributed by atoms with Crippen molar-refractivity contribution < 1.29 is 64.3 Å². The van der Waals surface area contributed by atoms with E-state index in [0.717, 1.165) is 0 Å². The van der Waals surface area contributed by atoms with Crippen LogP contribution in [0.15, 0.2) is 22.7 Å². The van der Waals surface area contributed by atoms with Crippen molar-refractivity contribution in [2.45, 2.75) is 29.9 Å². The summed E-state index contributed by atoms with van der Waals surface area (Å²) in [4.78, 5) is 7.50. The van der Waals surface area contributed by atoms with E-state index in [1.165, 1.54) is 6.42 Å². The van der Waals surface area contributed by atoms with Gasteiger partial charge >= 0.3 is 64.2 Å². The van der Waals surface area contributed by atoms with E-state index in [0.29, 0.717) is 0 Å². The number of hydrogen-bond acceptors (Lipinski definition) is 1. The van der Waals surface area contributed by atoms with Gasteiger partial charge < -0.3 is 48.0 Å². The zero-order valence-corrected chi connectivity index (χ0v) is 14.3. The van der Waals surface area contributed by atoms with Crippen LogP contribution in [-0.4, -0.2) is 6.79 Å². The number of rotatable bonds is 1. The van der Waals surface area contributed by atoms with E-state index >= 15 is 0 Å². The largest absolute Gasteiger partial charge is 1.00 e.